The lowest BCUT2D eigenvalue weighted by atomic mass is 9.89. The average Bonchev–Trinajstić information content (AvgIpc) is 2.37. The Kier molecular flexibility index (Phi) is 4.87. The van der Waals surface area contributed by atoms with Gasteiger partial charge in [0.05, 0.1) is 16.7 Å². The van der Waals surface area contributed by atoms with Crippen molar-refractivity contribution in [3.63, 3.8) is 0 Å². The molecular weight excluding hydrogens is 236 g/mol. The van der Waals surface area contributed by atoms with Gasteiger partial charge in [0.25, 0.3) is 0 Å². The fourth-order valence-corrected chi connectivity index (χ4v) is 1.86. The lowest BCUT2D eigenvalue weighted by Crippen LogP contribution is -2.21. The molecule has 1 aromatic rings. The van der Waals surface area contributed by atoms with Crippen LogP contribution in [0.4, 0.5) is 0 Å². The van der Waals surface area contributed by atoms with Gasteiger partial charge in [0.1, 0.15) is 12.1 Å². The molecule has 1 rings (SSSR count). The number of allylic oxidation sites excluding steroid dienone is 2. The summed E-state index contributed by atoms with van der Waals surface area (Å²) in [7, 11) is 0. The molecule has 0 unspecified atom stereocenters. The minimum absolute atomic E-state index is 0.308. The number of hydrogen-bond donors (Lipinski definition) is 1. The van der Waals surface area contributed by atoms with Gasteiger partial charge in [-0.2, -0.15) is 10.5 Å². The predicted octanol–water partition coefficient (Wildman–Crippen LogP) is 3.38. The number of nitriles is 2. The monoisotopic (exact) mass is 254 g/mol. The van der Waals surface area contributed by atoms with Gasteiger partial charge in [-0.25, -0.2) is 0 Å². The molecule has 0 spiro atoms. The van der Waals surface area contributed by atoms with Crippen LogP contribution in [0.1, 0.15) is 50.3 Å². The Morgan fingerprint density at radius 3 is 2.42 bits per heavy atom. The third-order valence-corrected chi connectivity index (χ3v) is 3.07. The van der Waals surface area contributed by atoms with E-state index in [0.717, 1.165) is 6.42 Å². The highest BCUT2D eigenvalue weighted by Gasteiger charge is 2.23. The number of hydrogen-bond acceptors (Lipinski definition) is 3. The van der Waals surface area contributed by atoms with Gasteiger partial charge in [-0.05, 0) is 51.3 Å². The first kappa shape index (κ1) is 15.0. The second-order valence-electron chi connectivity index (χ2n) is 5.08. The van der Waals surface area contributed by atoms with E-state index in [2.05, 4.69) is 6.08 Å². The van der Waals surface area contributed by atoms with Gasteiger partial charge >= 0.3 is 0 Å². The highest BCUT2D eigenvalue weighted by Crippen LogP contribution is 2.28. The molecular formula is C16H18N2O. The fraction of sp³-hybridized carbons (Fsp3) is 0.375. The van der Waals surface area contributed by atoms with Crippen LogP contribution in [0.3, 0.4) is 0 Å². The Labute approximate surface area is 114 Å². The molecule has 1 atom stereocenters. The number of benzene rings is 1. The minimum atomic E-state index is -0.995. The summed E-state index contributed by atoms with van der Waals surface area (Å²) in [5, 5.41) is 28.3. The molecule has 0 radical (unpaired) electrons. The first-order valence-electron chi connectivity index (χ1n) is 6.21. The van der Waals surface area contributed by atoms with Gasteiger partial charge in [0, 0.05) is 0 Å². The molecule has 3 heteroatoms. The summed E-state index contributed by atoms with van der Waals surface area (Å²) < 4.78 is 0. The average molecular weight is 254 g/mol. The Morgan fingerprint density at radius 1 is 1.26 bits per heavy atom. The molecule has 0 aromatic heterocycles. The van der Waals surface area contributed by atoms with Crippen molar-refractivity contribution in [3.05, 3.63) is 46.5 Å². The normalized spacial score (nSPS) is 12.9. The van der Waals surface area contributed by atoms with Crippen LogP contribution >= 0.6 is 0 Å². The van der Waals surface area contributed by atoms with Gasteiger partial charge < -0.3 is 5.11 Å². The van der Waals surface area contributed by atoms with E-state index in [1.165, 1.54) is 5.57 Å². The third-order valence-electron chi connectivity index (χ3n) is 3.07. The predicted molar refractivity (Wildman–Crippen MR) is 74.1 cm³/mol. The van der Waals surface area contributed by atoms with E-state index in [9.17, 15) is 5.11 Å². The van der Waals surface area contributed by atoms with E-state index in [1.807, 2.05) is 26.0 Å². The molecule has 0 heterocycles. The summed E-state index contributed by atoms with van der Waals surface area (Å²) >= 11 is 0. The van der Waals surface area contributed by atoms with E-state index < -0.39 is 5.60 Å². The van der Waals surface area contributed by atoms with E-state index in [-0.39, 0.29) is 0 Å². The topological polar surface area (TPSA) is 67.8 Å². The number of aliphatic hydroxyl groups is 1. The van der Waals surface area contributed by atoms with Crippen LogP contribution in [-0.2, 0) is 5.60 Å². The molecule has 0 bridgehead atoms. The maximum Gasteiger partial charge on any atom is 0.101 e. The quantitative estimate of drug-likeness (QED) is 0.837. The second kappa shape index (κ2) is 6.18. The summed E-state index contributed by atoms with van der Waals surface area (Å²) in [6.07, 6.45) is 3.43. The second-order valence-corrected chi connectivity index (χ2v) is 5.08. The van der Waals surface area contributed by atoms with Crippen molar-refractivity contribution in [3.8, 4) is 12.1 Å². The molecule has 1 aromatic carbocycles. The molecule has 0 amide bonds. The molecule has 0 aliphatic heterocycles. The van der Waals surface area contributed by atoms with Crippen molar-refractivity contribution in [2.75, 3.05) is 0 Å². The number of rotatable bonds is 4. The molecule has 0 saturated heterocycles. The van der Waals surface area contributed by atoms with Gasteiger partial charge in [-0.3, -0.25) is 0 Å². The van der Waals surface area contributed by atoms with Crippen molar-refractivity contribution < 1.29 is 5.11 Å². The molecule has 19 heavy (non-hydrogen) atoms. The summed E-state index contributed by atoms with van der Waals surface area (Å²) in [5.41, 5.74) is 1.54. The van der Waals surface area contributed by atoms with E-state index in [1.54, 1.807) is 25.1 Å². The van der Waals surface area contributed by atoms with Crippen LogP contribution in [-0.4, -0.2) is 5.11 Å². The van der Waals surface area contributed by atoms with Crippen LogP contribution in [0.15, 0.2) is 29.8 Å². The van der Waals surface area contributed by atoms with Gasteiger partial charge in [0.2, 0.25) is 0 Å². The Morgan fingerprint density at radius 2 is 1.89 bits per heavy atom. The van der Waals surface area contributed by atoms with Crippen molar-refractivity contribution in [2.24, 2.45) is 0 Å². The molecule has 0 aliphatic carbocycles. The zero-order valence-corrected chi connectivity index (χ0v) is 11.6. The van der Waals surface area contributed by atoms with Crippen molar-refractivity contribution >= 4 is 0 Å². The smallest absolute Gasteiger partial charge is 0.101 e. The van der Waals surface area contributed by atoms with E-state index >= 15 is 0 Å². The van der Waals surface area contributed by atoms with Crippen LogP contribution < -0.4 is 0 Å². The van der Waals surface area contributed by atoms with E-state index in [0.29, 0.717) is 23.1 Å². The Hall–Kier alpha value is -2.10. The van der Waals surface area contributed by atoms with Crippen molar-refractivity contribution in [2.45, 2.75) is 39.2 Å². The first-order valence-corrected chi connectivity index (χ1v) is 6.21. The van der Waals surface area contributed by atoms with Gasteiger partial charge in [-0.15, -0.1) is 0 Å². The molecule has 0 aliphatic rings. The van der Waals surface area contributed by atoms with Crippen LogP contribution in [0.5, 0.6) is 0 Å². The Bertz CT molecular complexity index is 567. The van der Waals surface area contributed by atoms with E-state index in [4.69, 9.17) is 10.5 Å². The lowest BCUT2D eigenvalue weighted by Gasteiger charge is -2.23. The summed E-state index contributed by atoms with van der Waals surface area (Å²) in [6, 6.07) is 8.85. The van der Waals surface area contributed by atoms with Crippen LogP contribution in [0.25, 0.3) is 0 Å². The fourth-order valence-electron chi connectivity index (χ4n) is 1.86. The summed E-state index contributed by atoms with van der Waals surface area (Å²) in [5.74, 6) is 0. The lowest BCUT2D eigenvalue weighted by molar-refractivity contribution is 0.0487. The Balaban J connectivity index is 2.99. The molecule has 3 nitrogen and oxygen atoms in total. The number of nitrogens with zero attached hydrogens (tertiary/aromatic N) is 2. The van der Waals surface area contributed by atoms with Crippen LogP contribution in [0, 0.1) is 22.7 Å². The SMILES string of the molecule is CC(C)=CCC[C@@](C)(O)c1ccc(C#N)c(C#N)c1. The summed E-state index contributed by atoms with van der Waals surface area (Å²) in [4.78, 5) is 0. The molecule has 98 valence electrons. The van der Waals surface area contributed by atoms with Crippen molar-refractivity contribution in [1.82, 2.24) is 0 Å². The standard InChI is InChI=1S/C16H18N2O/c1-12(2)5-4-8-16(3,19)15-7-6-13(10-17)14(9-15)11-18/h5-7,9,19H,4,8H2,1-3H3/t16-/m1/s1. The zero-order valence-electron chi connectivity index (χ0n) is 11.6. The highest BCUT2D eigenvalue weighted by molar-refractivity contribution is 5.48. The molecule has 1 N–H and O–H groups in total. The largest absolute Gasteiger partial charge is 0.385 e. The van der Waals surface area contributed by atoms with Gasteiger partial charge in [-0.1, -0.05) is 17.7 Å². The molecule has 0 fully saturated rings. The van der Waals surface area contributed by atoms with Crippen molar-refractivity contribution in [1.29, 1.82) is 10.5 Å². The zero-order chi connectivity index (χ0) is 14.5. The first-order chi connectivity index (χ1) is 8.90. The maximum atomic E-state index is 10.5. The minimum Gasteiger partial charge on any atom is -0.385 e. The molecule has 0 saturated carbocycles. The van der Waals surface area contributed by atoms with Crippen LogP contribution in [0.2, 0.25) is 0 Å². The summed E-state index contributed by atoms with van der Waals surface area (Å²) in [6.45, 7) is 5.77. The maximum absolute atomic E-state index is 10.5. The van der Waals surface area contributed by atoms with Gasteiger partial charge in [0.15, 0.2) is 0 Å². The third kappa shape index (κ3) is 3.95. The highest BCUT2D eigenvalue weighted by atomic mass is 16.3.